The summed E-state index contributed by atoms with van der Waals surface area (Å²) >= 11 is 0. The van der Waals surface area contributed by atoms with Crippen LogP contribution in [0.1, 0.15) is 20.7 Å². The summed E-state index contributed by atoms with van der Waals surface area (Å²) in [6.07, 6.45) is 0. The second-order valence-electron chi connectivity index (χ2n) is 6.00. The van der Waals surface area contributed by atoms with Crippen LogP contribution in [0.15, 0.2) is 54.6 Å². The van der Waals surface area contributed by atoms with E-state index in [1.165, 1.54) is 0 Å². The number of piperazine rings is 1. The number of likely N-dealkylation sites (N-methyl/N-ethyl adjacent to an activating group) is 1. The van der Waals surface area contributed by atoms with Crippen molar-refractivity contribution in [1.29, 1.82) is 0 Å². The van der Waals surface area contributed by atoms with Gasteiger partial charge in [-0.15, -0.1) is 0 Å². The lowest BCUT2D eigenvalue weighted by molar-refractivity contribution is 0.0664. The topological polar surface area (TPSA) is 52.7 Å². The van der Waals surface area contributed by atoms with E-state index in [9.17, 15) is 9.59 Å². The van der Waals surface area contributed by atoms with Crippen LogP contribution in [0.3, 0.4) is 0 Å². The standard InChI is InChI=1S/C19H21N3O2/c1-21-10-12-22(13-11-21)19(24)16-7-5-6-15(14-16)18(23)20-17-8-3-2-4-9-17/h2-9,14H,10-13H2,1H3,(H,20,23). The van der Waals surface area contributed by atoms with Crippen LogP contribution >= 0.6 is 0 Å². The SMILES string of the molecule is CN1CCN(C(=O)c2cccc(C(=O)Nc3ccccc3)c2)CC1. The van der Waals surface area contributed by atoms with Crippen LogP contribution in [-0.4, -0.2) is 54.8 Å². The Morgan fingerprint density at radius 1 is 0.875 bits per heavy atom. The van der Waals surface area contributed by atoms with Crippen LogP contribution in [0.25, 0.3) is 0 Å². The maximum Gasteiger partial charge on any atom is 0.255 e. The summed E-state index contributed by atoms with van der Waals surface area (Å²) in [4.78, 5) is 29.0. The molecule has 0 bridgehead atoms. The molecule has 0 radical (unpaired) electrons. The van der Waals surface area contributed by atoms with Gasteiger partial charge in [-0.2, -0.15) is 0 Å². The highest BCUT2D eigenvalue weighted by atomic mass is 16.2. The Balaban J connectivity index is 1.71. The van der Waals surface area contributed by atoms with E-state index in [1.807, 2.05) is 35.2 Å². The second kappa shape index (κ2) is 7.27. The van der Waals surface area contributed by atoms with Gasteiger partial charge in [0.05, 0.1) is 0 Å². The van der Waals surface area contributed by atoms with Crippen LogP contribution in [-0.2, 0) is 0 Å². The molecule has 0 atom stereocenters. The molecule has 24 heavy (non-hydrogen) atoms. The number of carbonyl (C=O) groups is 2. The van der Waals surface area contributed by atoms with Crippen LogP contribution in [0.5, 0.6) is 0 Å². The van der Waals surface area contributed by atoms with Gasteiger partial charge in [0.25, 0.3) is 11.8 Å². The average Bonchev–Trinajstić information content (AvgIpc) is 2.63. The molecule has 1 aliphatic rings. The minimum Gasteiger partial charge on any atom is -0.336 e. The van der Waals surface area contributed by atoms with Crippen molar-refractivity contribution in [2.24, 2.45) is 0 Å². The summed E-state index contributed by atoms with van der Waals surface area (Å²) in [5.74, 6) is -0.230. The summed E-state index contributed by atoms with van der Waals surface area (Å²) in [5.41, 5.74) is 1.78. The fourth-order valence-corrected chi connectivity index (χ4v) is 2.71. The second-order valence-corrected chi connectivity index (χ2v) is 6.00. The van der Waals surface area contributed by atoms with Crippen LogP contribution in [0, 0.1) is 0 Å². The molecule has 0 unspecified atom stereocenters. The molecule has 5 heteroatoms. The molecule has 0 saturated carbocycles. The van der Waals surface area contributed by atoms with E-state index in [-0.39, 0.29) is 11.8 Å². The molecule has 2 aromatic rings. The predicted molar refractivity (Wildman–Crippen MR) is 94.2 cm³/mol. The minimum atomic E-state index is -0.214. The van der Waals surface area contributed by atoms with Gasteiger partial charge in [-0.1, -0.05) is 24.3 Å². The summed E-state index contributed by atoms with van der Waals surface area (Å²) in [5, 5.41) is 2.84. The molecule has 0 aliphatic carbocycles. The van der Waals surface area contributed by atoms with Crippen molar-refractivity contribution in [3.05, 3.63) is 65.7 Å². The van der Waals surface area contributed by atoms with Gasteiger partial charge in [-0.25, -0.2) is 0 Å². The number of anilines is 1. The zero-order chi connectivity index (χ0) is 16.9. The lowest BCUT2D eigenvalue weighted by atomic mass is 10.1. The minimum absolute atomic E-state index is 0.0162. The van der Waals surface area contributed by atoms with Crippen molar-refractivity contribution in [2.75, 3.05) is 38.5 Å². The van der Waals surface area contributed by atoms with Crippen LogP contribution in [0.2, 0.25) is 0 Å². The molecular weight excluding hydrogens is 302 g/mol. The first-order chi connectivity index (χ1) is 11.6. The summed E-state index contributed by atoms with van der Waals surface area (Å²) in [6, 6.07) is 16.2. The van der Waals surface area contributed by atoms with Crippen molar-refractivity contribution < 1.29 is 9.59 Å². The van der Waals surface area contributed by atoms with Crippen LogP contribution in [0.4, 0.5) is 5.69 Å². The number of nitrogens with zero attached hydrogens (tertiary/aromatic N) is 2. The molecule has 124 valence electrons. The number of carbonyl (C=O) groups excluding carboxylic acids is 2. The quantitative estimate of drug-likeness (QED) is 0.943. The highest BCUT2D eigenvalue weighted by molar-refractivity contribution is 6.06. The Labute approximate surface area is 141 Å². The highest BCUT2D eigenvalue weighted by Crippen LogP contribution is 2.13. The first-order valence-corrected chi connectivity index (χ1v) is 8.08. The van der Waals surface area contributed by atoms with Gasteiger partial charge in [-0.3, -0.25) is 9.59 Å². The molecule has 1 fully saturated rings. The fraction of sp³-hybridized carbons (Fsp3) is 0.263. The molecule has 5 nitrogen and oxygen atoms in total. The number of amides is 2. The Morgan fingerprint density at radius 3 is 2.25 bits per heavy atom. The lowest BCUT2D eigenvalue weighted by Gasteiger charge is -2.32. The Hall–Kier alpha value is -2.66. The van der Waals surface area contributed by atoms with Gasteiger partial charge in [0.15, 0.2) is 0 Å². The van der Waals surface area contributed by atoms with Crippen molar-refractivity contribution in [3.8, 4) is 0 Å². The third kappa shape index (κ3) is 3.81. The molecule has 1 aliphatic heterocycles. The van der Waals surface area contributed by atoms with Gasteiger partial charge in [0, 0.05) is 43.0 Å². The number of benzene rings is 2. The lowest BCUT2D eigenvalue weighted by Crippen LogP contribution is -2.47. The third-order valence-corrected chi connectivity index (χ3v) is 4.19. The monoisotopic (exact) mass is 323 g/mol. The van der Waals surface area contributed by atoms with Gasteiger partial charge in [-0.05, 0) is 37.4 Å². The van der Waals surface area contributed by atoms with E-state index in [1.54, 1.807) is 24.3 Å². The number of hydrogen-bond acceptors (Lipinski definition) is 3. The first kappa shape index (κ1) is 16.2. The van der Waals surface area contributed by atoms with Crippen LogP contribution < -0.4 is 5.32 Å². The molecule has 2 aromatic carbocycles. The smallest absolute Gasteiger partial charge is 0.255 e. The van der Waals surface area contributed by atoms with E-state index in [0.717, 1.165) is 31.9 Å². The van der Waals surface area contributed by atoms with E-state index < -0.39 is 0 Å². The third-order valence-electron chi connectivity index (χ3n) is 4.19. The zero-order valence-electron chi connectivity index (χ0n) is 13.7. The summed E-state index contributed by atoms with van der Waals surface area (Å²) in [7, 11) is 2.05. The van der Waals surface area contributed by atoms with Gasteiger partial charge >= 0.3 is 0 Å². The van der Waals surface area contributed by atoms with Gasteiger partial charge in [0.1, 0.15) is 0 Å². The maximum atomic E-state index is 12.6. The van der Waals surface area contributed by atoms with E-state index in [2.05, 4.69) is 17.3 Å². The maximum absolute atomic E-state index is 12.6. The van der Waals surface area contributed by atoms with Crippen molar-refractivity contribution in [1.82, 2.24) is 9.80 Å². The van der Waals surface area contributed by atoms with E-state index >= 15 is 0 Å². The molecule has 0 aromatic heterocycles. The molecule has 3 rings (SSSR count). The molecule has 0 spiro atoms. The normalized spacial score (nSPS) is 15.1. The fourth-order valence-electron chi connectivity index (χ4n) is 2.71. The van der Waals surface area contributed by atoms with Crippen molar-refractivity contribution in [2.45, 2.75) is 0 Å². The average molecular weight is 323 g/mol. The highest BCUT2D eigenvalue weighted by Gasteiger charge is 2.21. The molecule has 2 amide bonds. The molecule has 1 saturated heterocycles. The van der Waals surface area contributed by atoms with E-state index in [0.29, 0.717) is 11.1 Å². The molecule has 1 heterocycles. The largest absolute Gasteiger partial charge is 0.336 e. The summed E-state index contributed by atoms with van der Waals surface area (Å²) < 4.78 is 0. The first-order valence-electron chi connectivity index (χ1n) is 8.08. The van der Waals surface area contributed by atoms with Crippen molar-refractivity contribution in [3.63, 3.8) is 0 Å². The number of hydrogen-bond donors (Lipinski definition) is 1. The summed E-state index contributed by atoms with van der Waals surface area (Å²) in [6.45, 7) is 3.19. The van der Waals surface area contributed by atoms with E-state index in [4.69, 9.17) is 0 Å². The Bertz CT molecular complexity index is 722. The Morgan fingerprint density at radius 2 is 1.54 bits per heavy atom. The number of nitrogens with one attached hydrogen (secondary N) is 1. The Kier molecular flexibility index (Phi) is 4.91. The van der Waals surface area contributed by atoms with Gasteiger partial charge < -0.3 is 15.1 Å². The van der Waals surface area contributed by atoms with Crippen molar-refractivity contribution >= 4 is 17.5 Å². The number of rotatable bonds is 3. The van der Waals surface area contributed by atoms with Gasteiger partial charge in [0.2, 0.25) is 0 Å². The predicted octanol–water partition coefficient (Wildman–Crippen LogP) is 2.33. The number of para-hydroxylation sites is 1. The molecular formula is C19H21N3O2. The molecule has 1 N–H and O–H groups in total. The zero-order valence-corrected chi connectivity index (χ0v) is 13.7.